The molecule has 0 aliphatic carbocycles. The van der Waals surface area contributed by atoms with Crippen LogP contribution in [0.15, 0.2) is 48.5 Å². The van der Waals surface area contributed by atoms with Crippen molar-refractivity contribution in [2.24, 2.45) is 0 Å². The monoisotopic (exact) mass is 439 g/mol. The third-order valence-corrected chi connectivity index (χ3v) is 4.97. The minimum Gasteiger partial charge on any atom is -0.367 e. The van der Waals surface area contributed by atoms with Crippen molar-refractivity contribution in [1.82, 2.24) is 4.90 Å². The van der Waals surface area contributed by atoms with Crippen LogP contribution in [0.1, 0.15) is 11.1 Å². The topological polar surface area (TPSA) is 66.7 Å². The van der Waals surface area contributed by atoms with Crippen LogP contribution in [0.2, 0.25) is 5.02 Å². The SMILES string of the molecule is O=C(/C=C/c1ccc(Cl)cc1)N1CCN(c2ccc([N+](=O)[O-])cc2C(F)(F)F)CC1. The summed E-state index contributed by atoms with van der Waals surface area (Å²) in [7, 11) is 0. The first-order valence-corrected chi connectivity index (χ1v) is 9.36. The molecule has 0 bridgehead atoms. The van der Waals surface area contributed by atoms with Crippen LogP contribution < -0.4 is 4.90 Å². The smallest absolute Gasteiger partial charge is 0.367 e. The molecular formula is C20H17ClF3N3O3. The van der Waals surface area contributed by atoms with Crippen molar-refractivity contribution in [3.05, 3.63) is 74.8 Å². The number of nitro benzene ring substituents is 1. The van der Waals surface area contributed by atoms with Gasteiger partial charge in [0.05, 0.1) is 10.5 Å². The molecule has 1 amide bonds. The number of nitrogens with zero attached hydrogens (tertiary/aromatic N) is 3. The largest absolute Gasteiger partial charge is 0.418 e. The summed E-state index contributed by atoms with van der Waals surface area (Å²) >= 11 is 5.82. The summed E-state index contributed by atoms with van der Waals surface area (Å²) in [6.45, 7) is 0.832. The van der Waals surface area contributed by atoms with Gasteiger partial charge < -0.3 is 9.80 Å². The van der Waals surface area contributed by atoms with E-state index in [4.69, 9.17) is 11.6 Å². The second kappa shape index (κ2) is 8.74. The maximum atomic E-state index is 13.4. The zero-order valence-electron chi connectivity index (χ0n) is 15.6. The molecule has 0 radical (unpaired) electrons. The zero-order chi connectivity index (χ0) is 21.9. The number of halogens is 4. The third-order valence-electron chi connectivity index (χ3n) is 4.72. The van der Waals surface area contributed by atoms with E-state index < -0.39 is 22.4 Å². The molecule has 1 heterocycles. The summed E-state index contributed by atoms with van der Waals surface area (Å²) in [6.07, 6.45) is -1.68. The maximum absolute atomic E-state index is 13.4. The molecule has 0 N–H and O–H groups in total. The first-order valence-electron chi connectivity index (χ1n) is 8.98. The van der Waals surface area contributed by atoms with Gasteiger partial charge in [-0.1, -0.05) is 23.7 Å². The number of non-ortho nitro benzene ring substituents is 1. The van der Waals surface area contributed by atoms with Crippen LogP contribution in [0.25, 0.3) is 6.08 Å². The molecule has 6 nitrogen and oxygen atoms in total. The van der Waals surface area contributed by atoms with Gasteiger partial charge in [0.25, 0.3) is 5.69 Å². The Morgan fingerprint density at radius 2 is 1.70 bits per heavy atom. The molecule has 2 aromatic rings. The third kappa shape index (κ3) is 5.10. The van der Waals surface area contributed by atoms with E-state index >= 15 is 0 Å². The van der Waals surface area contributed by atoms with Crippen LogP contribution in [-0.2, 0) is 11.0 Å². The normalized spacial score (nSPS) is 14.9. The van der Waals surface area contributed by atoms with Crippen LogP contribution >= 0.6 is 11.6 Å². The predicted octanol–water partition coefficient (Wildman–Crippen LogP) is 4.63. The van der Waals surface area contributed by atoms with Crippen molar-refractivity contribution in [1.29, 1.82) is 0 Å². The van der Waals surface area contributed by atoms with Crippen molar-refractivity contribution in [3.63, 3.8) is 0 Å². The summed E-state index contributed by atoms with van der Waals surface area (Å²) in [5, 5.41) is 11.4. The Balaban J connectivity index is 1.68. The number of benzene rings is 2. The number of hydrogen-bond acceptors (Lipinski definition) is 4. The summed E-state index contributed by atoms with van der Waals surface area (Å²) in [4.78, 5) is 25.4. The van der Waals surface area contributed by atoms with Crippen molar-refractivity contribution >= 4 is 35.0 Å². The van der Waals surface area contributed by atoms with Crippen LogP contribution in [0.5, 0.6) is 0 Å². The number of anilines is 1. The average molecular weight is 440 g/mol. The molecule has 1 aliphatic rings. The van der Waals surface area contributed by atoms with Gasteiger partial charge in [0.1, 0.15) is 0 Å². The number of hydrogen-bond donors (Lipinski definition) is 0. The summed E-state index contributed by atoms with van der Waals surface area (Å²) in [6, 6.07) is 9.63. The highest BCUT2D eigenvalue weighted by Crippen LogP contribution is 2.39. The van der Waals surface area contributed by atoms with Gasteiger partial charge in [0.15, 0.2) is 0 Å². The molecule has 0 spiro atoms. The van der Waals surface area contributed by atoms with E-state index in [2.05, 4.69) is 0 Å². The van der Waals surface area contributed by atoms with Crippen molar-refractivity contribution in [3.8, 4) is 0 Å². The van der Waals surface area contributed by atoms with Gasteiger partial charge in [0.2, 0.25) is 5.91 Å². The summed E-state index contributed by atoms with van der Waals surface area (Å²) < 4.78 is 40.2. The van der Waals surface area contributed by atoms with E-state index in [1.54, 1.807) is 35.2 Å². The first-order chi connectivity index (χ1) is 14.1. The molecule has 0 atom stereocenters. The minimum atomic E-state index is -4.73. The Morgan fingerprint density at radius 1 is 1.07 bits per heavy atom. The second-order valence-corrected chi connectivity index (χ2v) is 7.09. The van der Waals surface area contributed by atoms with E-state index in [9.17, 15) is 28.1 Å². The Morgan fingerprint density at radius 3 is 2.27 bits per heavy atom. The second-order valence-electron chi connectivity index (χ2n) is 6.65. The van der Waals surface area contributed by atoms with Crippen molar-refractivity contribution < 1.29 is 22.9 Å². The lowest BCUT2D eigenvalue weighted by Gasteiger charge is -2.36. The Bertz CT molecular complexity index is 969. The summed E-state index contributed by atoms with van der Waals surface area (Å²) in [5.74, 6) is -0.246. The molecule has 1 fully saturated rings. The average Bonchev–Trinajstić information content (AvgIpc) is 2.72. The number of nitro groups is 1. The lowest BCUT2D eigenvalue weighted by molar-refractivity contribution is -0.385. The van der Waals surface area contributed by atoms with E-state index in [-0.39, 0.29) is 37.8 Å². The highest BCUT2D eigenvalue weighted by Gasteiger charge is 2.37. The summed E-state index contributed by atoms with van der Waals surface area (Å²) in [5.41, 5.74) is -1.00. The molecule has 2 aromatic carbocycles. The molecular weight excluding hydrogens is 423 g/mol. The van der Waals surface area contributed by atoms with Gasteiger partial charge in [-0.3, -0.25) is 14.9 Å². The molecule has 1 saturated heterocycles. The number of carbonyl (C=O) groups excluding carboxylic acids is 1. The van der Waals surface area contributed by atoms with E-state index in [0.29, 0.717) is 11.1 Å². The highest BCUT2D eigenvalue weighted by molar-refractivity contribution is 6.30. The van der Waals surface area contributed by atoms with Crippen LogP contribution in [0, 0.1) is 10.1 Å². The minimum absolute atomic E-state index is 0.128. The van der Waals surface area contributed by atoms with Gasteiger partial charge in [-0.15, -0.1) is 0 Å². The maximum Gasteiger partial charge on any atom is 0.418 e. The molecule has 158 valence electrons. The van der Waals surface area contributed by atoms with Crippen LogP contribution in [0.3, 0.4) is 0 Å². The number of carbonyl (C=O) groups is 1. The van der Waals surface area contributed by atoms with Gasteiger partial charge in [-0.05, 0) is 29.8 Å². The fraction of sp³-hybridized carbons (Fsp3) is 0.250. The van der Waals surface area contributed by atoms with Gasteiger partial charge in [-0.2, -0.15) is 13.2 Å². The number of alkyl halides is 3. The molecule has 0 aromatic heterocycles. The van der Waals surface area contributed by atoms with E-state index in [1.807, 2.05) is 0 Å². The lowest BCUT2D eigenvalue weighted by atomic mass is 10.1. The van der Waals surface area contributed by atoms with Crippen LogP contribution in [0.4, 0.5) is 24.5 Å². The standard InChI is InChI=1S/C20H17ClF3N3O3/c21-15-4-1-14(2-5-15)3-8-19(28)26-11-9-25(10-12-26)18-7-6-16(27(29)30)13-17(18)20(22,23)24/h1-8,13H,9-12H2/b8-3+. The fourth-order valence-electron chi connectivity index (χ4n) is 3.15. The van der Waals surface area contributed by atoms with Crippen molar-refractivity contribution in [2.75, 3.05) is 31.1 Å². The molecule has 10 heteroatoms. The number of amides is 1. The zero-order valence-corrected chi connectivity index (χ0v) is 16.4. The quantitative estimate of drug-likeness (QED) is 0.396. The van der Waals surface area contributed by atoms with Gasteiger partial charge >= 0.3 is 6.18 Å². The Labute approximate surface area is 175 Å². The Hall–Kier alpha value is -3.07. The lowest BCUT2D eigenvalue weighted by Crippen LogP contribution is -2.48. The predicted molar refractivity (Wildman–Crippen MR) is 107 cm³/mol. The molecule has 0 unspecified atom stereocenters. The molecule has 1 aliphatic heterocycles. The van der Waals surface area contributed by atoms with E-state index in [0.717, 1.165) is 17.7 Å². The Kier molecular flexibility index (Phi) is 6.31. The van der Waals surface area contributed by atoms with Gasteiger partial charge in [0, 0.05) is 55.1 Å². The van der Waals surface area contributed by atoms with Gasteiger partial charge in [-0.25, -0.2) is 0 Å². The molecule has 3 rings (SSSR count). The number of piperazine rings is 1. The first kappa shape index (κ1) is 21.6. The molecule has 30 heavy (non-hydrogen) atoms. The number of rotatable bonds is 4. The molecule has 0 saturated carbocycles. The van der Waals surface area contributed by atoms with E-state index in [1.165, 1.54) is 11.0 Å². The van der Waals surface area contributed by atoms with Crippen molar-refractivity contribution in [2.45, 2.75) is 6.18 Å². The van der Waals surface area contributed by atoms with Crippen LogP contribution in [-0.4, -0.2) is 41.9 Å². The highest BCUT2D eigenvalue weighted by atomic mass is 35.5. The fourth-order valence-corrected chi connectivity index (χ4v) is 3.28.